The number of amides is 1. The number of carbonyl (C=O) groups is 2. The van der Waals surface area contributed by atoms with E-state index >= 15 is 0 Å². The second kappa shape index (κ2) is 10.4. The van der Waals surface area contributed by atoms with Crippen LogP contribution in [0.4, 0.5) is 14.5 Å². The Balaban J connectivity index is 1.83. The van der Waals surface area contributed by atoms with Crippen molar-refractivity contribution < 1.29 is 23.1 Å². The molecule has 5 nitrogen and oxygen atoms in total. The maximum absolute atomic E-state index is 13.6. The van der Waals surface area contributed by atoms with Gasteiger partial charge in [-0.05, 0) is 32.0 Å². The summed E-state index contributed by atoms with van der Waals surface area (Å²) >= 11 is 0. The SMILES string of the molecule is CCN(CC)c1ccccc1COC(=O)CCNC(=O)c1ccc(F)cc1F. The van der Waals surface area contributed by atoms with E-state index in [2.05, 4.69) is 24.1 Å². The quantitative estimate of drug-likeness (QED) is 0.664. The van der Waals surface area contributed by atoms with Crippen molar-refractivity contribution in [1.29, 1.82) is 0 Å². The predicted octanol–water partition coefficient (Wildman–Crippen LogP) is 3.67. The Labute approximate surface area is 163 Å². The Morgan fingerprint density at radius 1 is 1.07 bits per heavy atom. The van der Waals surface area contributed by atoms with E-state index in [0.717, 1.165) is 36.5 Å². The van der Waals surface area contributed by atoms with Gasteiger partial charge in [-0.25, -0.2) is 8.78 Å². The van der Waals surface area contributed by atoms with Crippen LogP contribution in [0.15, 0.2) is 42.5 Å². The van der Waals surface area contributed by atoms with Gasteiger partial charge in [0, 0.05) is 37.0 Å². The lowest BCUT2D eigenvalue weighted by molar-refractivity contribution is -0.144. The zero-order chi connectivity index (χ0) is 20.5. The fourth-order valence-electron chi connectivity index (χ4n) is 2.78. The van der Waals surface area contributed by atoms with Gasteiger partial charge in [-0.2, -0.15) is 0 Å². The summed E-state index contributed by atoms with van der Waals surface area (Å²) in [5.41, 5.74) is 1.64. The van der Waals surface area contributed by atoms with Crippen molar-refractivity contribution in [3.05, 3.63) is 65.2 Å². The Morgan fingerprint density at radius 3 is 2.46 bits per heavy atom. The zero-order valence-electron chi connectivity index (χ0n) is 16.0. The zero-order valence-corrected chi connectivity index (χ0v) is 16.0. The van der Waals surface area contributed by atoms with Crippen LogP contribution >= 0.6 is 0 Å². The Kier molecular flexibility index (Phi) is 7.92. The van der Waals surface area contributed by atoms with Crippen LogP contribution in [0.3, 0.4) is 0 Å². The number of esters is 1. The first-order chi connectivity index (χ1) is 13.5. The topological polar surface area (TPSA) is 58.6 Å². The summed E-state index contributed by atoms with van der Waals surface area (Å²) in [6, 6.07) is 10.4. The first-order valence-corrected chi connectivity index (χ1v) is 9.18. The highest BCUT2D eigenvalue weighted by atomic mass is 19.1. The molecule has 0 unspecified atom stereocenters. The van der Waals surface area contributed by atoms with Gasteiger partial charge in [-0.15, -0.1) is 0 Å². The Bertz CT molecular complexity index is 823. The molecule has 0 aliphatic carbocycles. The molecule has 150 valence electrons. The maximum Gasteiger partial charge on any atom is 0.307 e. The Morgan fingerprint density at radius 2 is 1.79 bits per heavy atom. The number of carbonyl (C=O) groups excluding carboxylic acids is 2. The molecular weight excluding hydrogens is 366 g/mol. The highest BCUT2D eigenvalue weighted by molar-refractivity contribution is 5.94. The molecule has 0 aliphatic heterocycles. The summed E-state index contributed by atoms with van der Waals surface area (Å²) in [5.74, 6) is -2.90. The summed E-state index contributed by atoms with van der Waals surface area (Å²) in [4.78, 5) is 26.0. The number of para-hydroxylation sites is 1. The largest absolute Gasteiger partial charge is 0.461 e. The van der Waals surface area contributed by atoms with Crippen molar-refractivity contribution in [1.82, 2.24) is 5.32 Å². The molecule has 0 fully saturated rings. The lowest BCUT2D eigenvalue weighted by Gasteiger charge is -2.24. The van der Waals surface area contributed by atoms with E-state index < -0.39 is 23.5 Å². The number of nitrogens with zero attached hydrogens (tertiary/aromatic N) is 1. The molecule has 0 saturated heterocycles. The van der Waals surface area contributed by atoms with Crippen molar-refractivity contribution in [3.63, 3.8) is 0 Å². The third kappa shape index (κ3) is 5.77. The van der Waals surface area contributed by atoms with Crippen LogP contribution in [0.25, 0.3) is 0 Å². The summed E-state index contributed by atoms with van der Waals surface area (Å²) in [6.45, 7) is 5.91. The molecule has 2 aromatic rings. The predicted molar refractivity (Wildman–Crippen MR) is 103 cm³/mol. The first kappa shape index (κ1) is 21.3. The highest BCUT2D eigenvalue weighted by Crippen LogP contribution is 2.21. The molecule has 28 heavy (non-hydrogen) atoms. The van der Waals surface area contributed by atoms with Crippen LogP contribution < -0.4 is 10.2 Å². The van der Waals surface area contributed by atoms with Gasteiger partial charge in [-0.1, -0.05) is 18.2 Å². The van der Waals surface area contributed by atoms with Crippen LogP contribution in [0.5, 0.6) is 0 Å². The molecule has 0 aliphatic rings. The molecule has 2 aromatic carbocycles. The van der Waals surface area contributed by atoms with Crippen molar-refractivity contribution in [2.45, 2.75) is 26.9 Å². The average molecular weight is 390 g/mol. The van der Waals surface area contributed by atoms with Crippen LogP contribution in [0, 0.1) is 11.6 Å². The molecule has 0 aromatic heterocycles. The van der Waals surface area contributed by atoms with Gasteiger partial charge in [0.25, 0.3) is 5.91 Å². The molecule has 0 radical (unpaired) electrons. The van der Waals surface area contributed by atoms with Crippen molar-refractivity contribution >= 4 is 17.6 Å². The first-order valence-electron chi connectivity index (χ1n) is 9.18. The van der Waals surface area contributed by atoms with Crippen molar-refractivity contribution in [3.8, 4) is 0 Å². The van der Waals surface area contributed by atoms with Gasteiger partial charge in [-0.3, -0.25) is 9.59 Å². The summed E-state index contributed by atoms with van der Waals surface area (Å²) in [6.07, 6.45) is -0.0536. The normalized spacial score (nSPS) is 10.4. The van der Waals surface area contributed by atoms with Gasteiger partial charge >= 0.3 is 5.97 Å². The molecule has 7 heteroatoms. The van der Waals surface area contributed by atoms with E-state index in [1.54, 1.807) is 0 Å². The minimum Gasteiger partial charge on any atom is -0.461 e. The molecule has 2 rings (SSSR count). The second-order valence-corrected chi connectivity index (χ2v) is 6.09. The molecular formula is C21H24F2N2O3. The third-order valence-corrected chi connectivity index (χ3v) is 4.27. The second-order valence-electron chi connectivity index (χ2n) is 6.09. The lowest BCUT2D eigenvalue weighted by atomic mass is 10.1. The molecule has 0 bridgehead atoms. The Hall–Kier alpha value is -2.96. The van der Waals surface area contributed by atoms with Crippen molar-refractivity contribution in [2.24, 2.45) is 0 Å². The number of anilines is 1. The fraction of sp³-hybridized carbons (Fsp3) is 0.333. The van der Waals surface area contributed by atoms with Gasteiger partial charge in [0.15, 0.2) is 0 Å². The summed E-state index contributed by atoms with van der Waals surface area (Å²) in [5, 5.41) is 2.43. The van der Waals surface area contributed by atoms with E-state index in [1.165, 1.54) is 0 Å². The lowest BCUT2D eigenvalue weighted by Crippen LogP contribution is -2.27. The van der Waals surface area contributed by atoms with E-state index in [9.17, 15) is 18.4 Å². The van der Waals surface area contributed by atoms with Crippen LogP contribution in [0.1, 0.15) is 36.2 Å². The fourth-order valence-corrected chi connectivity index (χ4v) is 2.78. The van der Waals surface area contributed by atoms with Crippen LogP contribution in [-0.2, 0) is 16.1 Å². The minimum absolute atomic E-state index is 0.00776. The van der Waals surface area contributed by atoms with E-state index in [-0.39, 0.29) is 25.1 Å². The third-order valence-electron chi connectivity index (χ3n) is 4.27. The van der Waals surface area contributed by atoms with E-state index in [1.807, 2.05) is 24.3 Å². The minimum atomic E-state index is -0.951. The molecule has 0 heterocycles. The monoisotopic (exact) mass is 390 g/mol. The smallest absolute Gasteiger partial charge is 0.307 e. The highest BCUT2D eigenvalue weighted by Gasteiger charge is 2.14. The van der Waals surface area contributed by atoms with E-state index in [4.69, 9.17) is 4.74 Å². The van der Waals surface area contributed by atoms with Gasteiger partial charge in [0.1, 0.15) is 18.2 Å². The van der Waals surface area contributed by atoms with Gasteiger partial charge in [0.05, 0.1) is 12.0 Å². The maximum atomic E-state index is 13.6. The van der Waals surface area contributed by atoms with Crippen LogP contribution in [-0.4, -0.2) is 31.5 Å². The average Bonchev–Trinajstić information content (AvgIpc) is 2.68. The molecule has 1 amide bonds. The standard InChI is InChI=1S/C21H24F2N2O3/c1-3-25(4-2)19-8-6-5-7-15(19)14-28-20(26)11-12-24-21(27)17-10-9-16(22)13-18(17)23/h5-10,13H,3-4,11-12,14H2,1-2H3,(H,24,27). The number of hydrogen-bond donors (Lipinski definition) is 1. The van der Waals surface area contributed by atoms with Gasteiger partial charge < -0.3 is 15.0 Å². The molecule has 0 saturated carbocycles. The summed E-state index contributed by atoms with van der Waals surface area (Å²) < 4.78 is 31.7. The number of nitrogens with one attached hydrogen (secondary N) is 1. The number of hydrogen-bond acceptors (Lipinski definition) is 4. The molecule has 0 spiro atoms. The number of halogens is 2. The number of rotatable bonds is 9. The summed E-state index contributed by atoms with van der Waals surface area (Å²) in [7, 11) is 0. The van der Waals surface area contributed by atoms with Gasteiger partial charge in [0.2, 0.25) is 0 Å². The van der Waals surface area contributed by atoms with Crippen LogP contribution in [0.2, 0.25) is 0 Å². The number of benzene rings is 2. The molecule has 1 N–H and O–H groups in total. The molecule has 0 atom stereocenters. The van der Waals surface area contributed by atoms with E-state index in [0.29, 0.717) is 6.07 Å². The van der Waals surface area contributed by atoms with Crippen molar-refractivity contribution in [2.75, 3.05) is 24.5 Å². The number of ether oxygens (including phenoxy) is 1.